The van der Waals surface area contributed by atoms with Gasteiger partial charge < -0.3 is 14.4 Å². The first-order valence-corrected chi connectivity index (χ1v) is 11.0. The Balaban J connectivity index is 1.32. The minimum Gasteiger partial charge on any atom is -0.460 e. The molecule has 0 spiro atoms. The van der Waals surface area contributed by atoms with E-state index in [-0.39, 0.29) is 5.97 Å². The molecule has 1 saturated heterocycles. The third kappa shape index (κ3) is 6.89. The molecule has 2 atom stereocenters. The Morgan fingerprint density at radius 3 is 2.43 bits per heavy atom. The minimum atomic E-state index is -0.425. The zero-order valence-corrected chi connectivity index (χ0v) is 17.9. The second kappa shape index (κ2) is 9.89. The minimum absolute atomic E-state index is 0.194. The second-order valence-corrected chi connectivity index (χ2v) is 9.48. The Labute approximate surface area is 170 Å². The molecule has 1 saturated carbocycles. The highest BCUT2D eigenvalue weighted by atomic mass is 16.6. The highest BCUT2D eigenvalue weighted by Crippen LogP contribution is 2.37. The van der Waals surface area contributed by atoms with Crippen molar-refractivity contribution in [2.45, 2.75) is 64.9 Å². The first-order valence-electron chi connectivity index (χ1n) is 11.0. The molecular weight excluding hydrogens is 350 g/mol. The van der Waals surface area contributed by atoms with Gasteiger partial charge in [-0.15, -0.1) is 0 Å². The zero-order chi connectivity index (χ0) is 20.0. The molecular formula is C24H37NO3. The van der Waals surface area contributed by atoms with Gasteiger partial charge in [0, 0.05) is 19.6 Å². The van der Waals surface area contributed by atoms with Crippen molar-refractivity contribution in [3.63, 3.8) is 0 Å². The van der Waals surface area contributed by atoms with Gasteiger partial charge >= 0.3 is 5.97 Å². The van der Waals surface area contributed by atoms with Crippen molar-refractivity contribution < 1.29 is 14.3 Å². The van der Waals surface area contributed by atoms with E-state index in [1.807, 2.05) is 20.8 Å². The lowest BCUT2D eigenvalue weighted by atomic mass is 10.0. The van der Waals surface area contributed by atoms with E-state index in [4.69, 9.17) is 9.47 Å². The number of fused-ring (bicyclic) bond motifs is 1. The Hall–Kier alpha value is -1.39. The molecule has 3 rings (SSSR count). The molecule has 1 aliphatic heterocycles. The van der Waals surface area contributed by atoms with Crippen molar-refractivity contribution in [2.75, 3.05) is 32.8 Å². The Morgan fingerprint density at radius 1 is 1.07 bits per heavy atom. The number of carbonyl (C=O) groups is 1. The van der Waals surface area contributed by atoms with E-state index in [2.05, 4.69) is 29.2 Å². The predicted molar refractivity (Wildman–Crippen MR) is 112 cm³/mol. The molecule has 28 heavy (non-hydrogen) atoms. The van der Waals surface area contributed by atoms with Crippen molar-refractivity contribution in [1.29, 1.82) is 0 Å². The van der Waals surface area contributed by atoms with Crippen LogP contribution >= 0.6 is 0 Å². The van der Waals surface area contributed by atoms with Crippen LogP contribution in [0, 0.1) is 11.8 Å². The Kier molecular flexibility index (Phi) is 7.53. The quantitative estimate of drug-likeness (QED) is 0.469. The molecule has 2 fully saturated rings. The van der Waals surface area contributed by atoms with E-state index in [1.165, 1.54) is 50.0 Å². The standard InChI is InChI=1S/C24H37NO3/c1-24(2,3)28-23(26)12-15-27-14-11-20-7-4-6-19(16-20)10-13-25-17-21-8-5-9-22(21)18-25/h4,6-7,16,21-22H,5,8-15,17-18H2,1-3H3. The SMILES string of the molecule is CC(C)(C)OC(=O)CCOCCc1cccc(CCN2CC3CCCC3C2)c1. The summed E-state index contributed by atoms with van der Waals surface area (Å²) in [6, 6.07) is 8.88. The van der Waals surface area contributed by atoms with Crippen LogP contribution in [-0.4, -0.2) is 49.3 Å². The second-order valence-electron chi connectivity index (χ2n) is 9.48. The summed E-state index contributed by atoms with van der Waals surface area (Å²) < 4.78 is 10.9. The number of hydrogen-bond donors (Lipinski definition) is 0. The fraction of sp³-hybridized carbons (Fsp3) is 0.708. The third-order valence-corrected chi connectivity index (χ3v) is 5.92. The van der Waals surface area contributed by atoms with Gasteiger partial charge in [0.1, 0.15) is 5.60 Å². The number of carbonyl (C=O) groups excluding carboxylic acids is 1. The lowest BCUT2D eigenvalue weighted by Crippen LogP contribution is -2.24. The number of hydrogen-bond acceptors (Lipinski definition) is 4. The summed E-state index contributed by atoms with van der Waals surface area (Å²) in [4.78, 5) is 14.3. The highest BCUT2D eigenvalue weighted by molar-refractivity contribution is 5.69. The molecule has 0 N–H and O–H groups in total. The summed E-state index contributed by atoms with van der Waals surface area (Å²) in [6.07, 6.45) is 6.68. The molecule has 4 nitrogen and oxygen atoms in total. The van der Waals surface area contributed by atoms with Crippen LogP contribution in [0.4, 0.5) is 0 Å². The summed E-state index contributed by atoms with van der Waals surface area (Å²) in [5, 5.41) is 0. The van der Waals surface area contributed by atoms with E-state index in [9.17, 15) is 4.79 Å². The molecule has 1 aliphatic carbocycles. The summed E-state index contributed by atoms with van der Waals surface area (Å²) >= 11 is 0. The van der Waals surface area contributed by atoms with E-state index >= 15 is 0 Å². The maximum absolute atomic E-state index is 11.7. The smallest absolute Gasteiger partial charge is 0.308 e. The number of ether oxygens (including phenoxy) is 2. The molecule has 2 aliphatic rings. The fourth-order valence-corrected chi connectivity index (χ4v) is 4.58. The van der Waals surface area contributed by atoms with Crippen LogP contribution < -0.4 is 0 Å². The van der Waals surface area contributed by atoms with E-state index in [0.717, 1.165) is 24.7 Å². The molecule has 1 aromatic rings. The van der Waals surface area contributed by atoms with Crippen LogP contribution in [0.5, 0.6) is 0 Å². The number of rotatable bonds is 9. The Bertz CT molecular complexity index is 625. The monoisotopic (exact) mass is 387 g/mol. The lowest BCUT2D eigenvalue weighted by Gasteiger charge is -2.19. The van der Waals surface area contributed by atoms with Crippen LogP contribution in [0.25, 0.3) is 0 Å². The summed E-state index contributed by atoms with van der Waals surface area (Å²) in [7, 11) is 0. The van der Waals surface area contributed by atoms with Gasteiger partial charge in [0.15, 0.2) is 0 Å². The molecule has 4 heteroatoms. The molecule has 2 unspecified atom stereocenters. The van der Waals surface area contributed by atoms with Crippen LogP contribution in [0.3, 0.4) is 0 Å². The van der Waals surface area contributed by atoms with Gasteiger partial charge in [-0.05, 0) is 69.4 Å². The topological polar surface area (TPSA) is 38.8 Å². The lowest BCUT2D eigenvalue weighted by molar-refractivity contribution is -0.156. The summed E-state index contributed by atoms with van der Waals surface area (Å²) in [5.74, 6) is 1.76. The first-order chi connectivity index (χ1) is 13.4. The highest BCUT2D eigenvalue weighted by Gasteiger charge is 2.35. The number of benzene rings is 1. The zero-order valence-electron chi connectivity index (χ0n) is 17.9. The maximum atomic E-state index is 11.7. The Morgan fingerprint density at radius 2 is 1.75 bits per heavy atom. The largest absolute Gasteiger partial charge is 0.460 e. The van der Waals surface area contributed by atoms with E-state index in [1.54, 1.807) is 0 Å². The van der Waals surface area contributed by atoms with Crippen molar-refractivity contribution in [3.05, 3.63) is 35.4 Å². The van der Waals surface area contributed by atoms with Gasteiger partial charge in [-0.25, -0.2) is 0 Å². The summed E-state index contributed by atoms with van der Waals surface area (Å²) in [5.41, 5.74) is 2.31. The van der Waals surface area contributed by atoms with Crippen molar-refractivity contribution in [3.8, 4) is 0 Å². The molecule has 0 radical (unpaired) electrons. The number of likely N-dealkylation sites (tertiary alicyclic amines) is 1. The molecule has 1 aromatic carbocycles. The van der Waals surface area contributed by atoms with Crippen LogP contribution in [0.1, 0.15) is 57.6 Å². The average Bonchev–Trinajstić information content (AvgIpc) is 3.20. The van der Waals surface area contributed by atoms with Gasteiger partial charge in [-0.2, -0.15) is 0 Å². The number of nitrogens with zero attached hydrogens (tertiary/aromatic N) is 1. The van der Waals surface area contributed by atoms with Gasteiger partial charge in [0.25, 0.3) is 0 Å². The molecule has 1 heterocycles. The van der Waals surface area contributed by atoms with Crippen molar-refractivity contribution in [2.24, 2.45) is 11.8 Å². The molecule has 156 valence electrons. The average molecular weight is 388 g/mol. The fourth-order valence-electron chi connectivity index (χ4n) is 4.58. The van der Waals surface area contributed by atoms with Gasteiger partial charge in [-0.1, -0.05) is 30.7 Å². The van der Waals surface area contributed by atoms with Crippen LogP contribution in [0.2, 0.25) is 0 Å². The van der Waals surface area contributed by atoms with Gasteiger partial charge in [0.2, 0.25) is 0 Å². The third-order valence-electron chi connectivity index (χ3n) is 5.92. The van der Waals surface area contributed by atoms with Crippen molar-refractivity contribution in [1.82, 2.24) is 4.90 Å². The predicted octanol–water partition coefficient (Wildman–Crippen LogP) is 4.25. The van der Waals surface area contributed by atoms with Crippen molar-refractivity contribution >= 4 is 5.97 Å². The molecule has 0 bridgehead atoms. The summed E-state index contributed by atoms with van der Waals surface area (Å²) in [6.45, 7) is 10.5. The molecule has 0 aromatic heterocycles. The van der Waals surface area contributed by atoms with Gasteiger partial charge in [-0.3, -0.25) is 4.79 Å². The maximum Gasteiger partial charge on any atom is 0.308 e. The van der Waals surface area contributed by atoms with E-state index < -0.39 is 5.60 Å². The van der Waals surface area contributed by atoms with Gasteiger partial charge in [0.05, 0.1) is 19.6 Å². The van der Waals surface area contributed by atoms with Crippen LogP contribution in [0.15, 0.2) is 24.3 Å². The van der Waals surface area contributed by atoms with Crippen LogP contribution in [-0.2, 0) is 27.1 Å². The van der Waals surface area contributed by atoms with E-state index in [0.29, 0.717) is 19.6 Å². The normalized spacial score (nSPS) is 22.4. The number of esters is 1. The first kappa shape index (κ1) is 21.3. The molecule has 0 amide bonds.